The number of hydrazone groups is 1. The first-order valence-electron chi connectivity index (χ1n) is 7.16. The lowest BCUT2D eigenvalue weighted by Crippen LogP contribution is -2.07. The lowest BCUT2D eigenvalue weighted by atomic mass is 10.1. The topological polar surface area (TPSA) is 97.0 Å². The van der Waals surface area contributed by atoms with Crippen molar-refractivity contribution in [2.75, 3.05) is 12.5 Å². The second kappa shape index (κ2) is 7.30. The Morgan fingerprint density at radius 2 is 1.96 bits per heavy atom. The van der Waals surface area contributed by atoms with Crippen LogP contribution >= 0.6 is 0 Å². The van der Waals surface area contributed by atoms with Gasteiger partial charge in [-0.25, -0.2) is 0 Å². The molecule has 7 nitrogen and oxygen atoms in total. The zero-order valence-corrected chi connectivity index (χ0v) is 13.7. The zero-order chi connectivity index (χ0) is 19.5. The summed E-state index contributed by atoms with van der Waals surface area (Å²) in [5, 5.41) is 24.9. The van der Waals surface area contributed by atoms with E-state index in [1.807, 2.05) is 0 Å². The third-order valence-corrected chi connectivity index (χ3v) is 3.46. The molecule has 0 saturated heterocycles. The number of phenolic OH excluding ortho intramolecular Hbond substituents is 1. The molecule has 2 aromatic rings. The first-order valence-corrected chi connectivity index (χ1v) is 7.16. The number of nitrogens with one attached hydrogen (secondary N) is 1. The lowest BCUT2D eigenvalue weighted by molar-refractivity contribution is -0.384. The molecule has 0 saturated carbocycles. The van der Waals surface area contributed by atoms with Gasteiger partial charge >= 0.3 is 6.18 Å². The standard InChI is InChI=1S/C16H14F3N3O4/c1-9(12-5-4-11(26-2)8-15(12)23)20-21-13-6-3-10(16(17,18)19)7-14(13)22(24)25/h3-8,21,23H,1-2H3. The van der Waals surface area contributed by atoms with Crippen LogP contribution < -0.4 is 10.2 Å². The molecule has 0 atom stereocenters. The van der Waals surface area contributed by atoms with Crippen LogP contribution in [0.2, 0.25) is 0 Å². The molecule has 0 spiro atoms. The molecule has 0 bridgehead atoms. The molecule has 0 aliphatic carbocycles. The smallest absolute Gasteiger partial charge is 0.416 e. The molecule has 138 valence electrons. The SMILES string of the molecule is COc1ccc(C(C)=NNc2ccc(C(F)(F)F)cc2[N+](=O)[O-])c(O)c1. The number of hydrogen-bond acceptors (Lipinski definition) is 6. The maximum Gasteiger partial charge on any atom is 0.416 e. The van der Waals surface area contributed by atoms with Crippen LogP contribution in [0.25, 0.3) is 0 Å². The van der Waals surface area contributed by atoms with Gasteiger partial charge in [0.1, 0.15) is 17.2 Å². The Hall–Kier alpha value is -3.30. The number of benzene rings is 2. The highest BCUT2D eigenvalue weighted by atomic mass is 19.4. The molecule has 0 aromatic heterocycles. The van der Waals surface area contributed by atoms with Crippen LogP contribution in [-0.4, -0.2) is 22.9 Å². The average molecular weight is 369 g/mol. The summed E-state index contributed by atoms with van der Waals surface area (Å²) in [6.45, 7) is 1.52. The van der Waals surface area contributed by atoms with Gasteiger partial charge < -0.3 is 9.84 Å². The second-order valence-electron chi connectivity index (χ2n) is 5.18. The molecular formula is C16H14F3N3O4. The van der Waals surface area contributed by atoms with Crippen LogP contribution in [0, 0.1) is 10.1 Å². The fraction of sp³-hybridized carbons (Fsp3) is 0.188. The summed E-state index contributed by atoms with van der Waals surface area (Å²) in [5.41, 5.74) is 0.837. The van der Waals surface area contributed by atoms with Gasteiger partial charge in [-0.05, 0) is 31.2 Å². The van der Waals surface area contributed by atoms with Gasteiger partial charge in [0.25, 0.3) is 5.69 Å². The highest BCUT2D eigenvalue weighted by Gasteiger charge is 2.33. The number of alkyl halides is 3. The number of aromatic hydroxyl groups is 1. The molecule has 2 rings (SSSR count). The van der Waals surface area contributed by atoms with E-state index >= 15 is 0 Å². The van der Waals surface area contributed by atoms with Gasteiger partial charge in [0.2, 0.25) is 0 Å². The summed E-state index contributed by atoms with van der Waals surface area (Å²) in [4.78, 5) is 10.1. The van der Waals surface area contributed by atoms with E-state index in [0.29, 0.717) is 23.4 Å². The Bertz CT molecular complexity index is 866. The van der Waals surface area contributed by atoms with Crippen molar-refractivity contribution in [3.05, 3.63) is 57.6 Å². The zero-order valence-electron chi connectivity index (χ0n) is 13.7. The molecule has 0 aliphatic heterocycles. The van der Waals surface area contributed by atoms with E-state index in [-0.39, 0.29) is 17.1 Å². The molecule has 0 heterocycles. The number of nitrogens with zero attached hydrogens (tertiary/aromatic N) is 2. The molecule has 0 amide bonds. The van der Waals surface area contributed by atoms with E-state index in [2.05, 4.69) is 10.5 Å². The van der Waals surface area contributed by atoms with Crippen molar-refractivity contribution in [2.24, 2.45) is 5.10 Å². The Kier molecular flexibility index (Phi) is 5.34. The van der Waals surface area contributed by atoms with Crippen molar-refractivity contribution < 1.29 is 27.9 Å². The largest absolute Gasteiger partial charge is 0.507 e. The van der Waals surface area contributed by atoms with E-state index in [1.54, 1.807) is 6.07 Å². The number of halogens is 3. The fourth-order valence-electron chi connectivity index (χ4n) is 2.10. The van der Waals surface area contributed by atoms with Gasteiger partial charge in [-0.2, -0.15) is 18.3 Å². The third-order valence-electron chi connectivity index (χ3n) is 3.46. The first-order chi connectivity index (χ1) is 12.1. The van der Waals surface area contributed by atoms with E-state index in [1.165, 1.54) is 26.2 Å². The summed E-state index contributed by atoms with van der Waals surface area (Å²) >= 11 is 0. The van der Waals surface area contributed by atoms with E-state index in [9.17, 15) is 28.4 Å². The first kappa shape index (κ1) is 19.0. The number of nitro groups is 1. The van der Waals surface area contributed by atoms with Crippen molar-refractivity contribution in [1.82, 2.24) is 0 Å². The van der Waals surface area contributed by atoms with Crippen molar-refractivity contribution in [3.63, 3.8) is 0 Å². The highest BCUT2D eigenvalue weighted by Crippen LogP contribution is 2.35. The molecule has 10 heteroatoms. The number of phenols is 1. The van der Waals surface area contributed by atoms with Crippen LogP contribution in [0.5, 0.6) is 11.5 Å². The molecule has 2 N–H and O–H groups in total. The maximum absolute atomic E-state index is 12.7. The summed E-state index contributed by atoms with van der Waals surface area (Å²) < 4.78 is 43.0. The Labute approximate surface area is 145 Å². The molecule has 0 unspecified atom stereocenters. The van der Waals surface area contributed by atoms with Gasteiger partial charge in [0, 0.05) is 17.7 Å². The van der Waals surface area contributed by atoms with Crippen LogP contribution in [0.1, 0.15) is 18.1 Å². The van der Waals surface area contributed by atoms with Crippen molar-refractivity contribution in [3.8, 4) is 11.5 Å². The normalized spacial score (nSPS) is 12.0. The fourth-order valence-corrected chi connectivity index (χ4v) is 2.10. The quantitative estimate of drug-likeness (QED) is 0.468. The van der Waals surface area contributed by atoms with E-state index in [4.69, 9.17) is 4.74 Å². The van der Waals surface area contributed by atoms with Crippen molar-refractivity contribution >= 4 is 17.1 Å². The number of nitro benzene ring substituents is 1. The number of rotatable bonds is 5. The minimum Gasteiger partial charge on any atom is -0.507 e. The van der Waals surface area contributed by atoms with Gasteiger partial charge in [-0.3, -0.25) is 15.5 Å². The van der Waals surface area contributed by atoms with Crippen LogP contribution in [0.4, 0.5) is 24.5 Å². The Balaban J connectivity index is 2.33. The lowest BCUT2D eigenvalue weighted by Gasteiger charge is -2.10. The molecule has 0 radical (unpaired) electrons. The molecular weight excluding hydrogens is 355 g/mol. The van der Waals surface area contributed by atoms with Gasteiger partial charge in [0.15, 0.2) is 0 Å². The molecule has 26 heavy (non-hydrogen) atoms. The number of anilines is 1. The minimum atomic E-state index is -4.70. The monoisotopic (exact) mass is 369 g/mol. The summed E-state index contributed by atoms with van der Waals surface area (Å²) in [5.74, 6) is 0.291. The Morgan fingerprint density at radius 3 is 2.50 bits per heavy atom. The summed E-state index contributed by atoms with van der Waals surface area (Å²) in [6, 6.07) is 6.52. The molecule has 2 aromatic carbocycles. The predicted molar refractivity (Wildman–Crippen MR) is 88.6 cm³/mol. The van der Waals surface area contributed by atoms with Gasteiger partial charge in [-0.1, -0.05) is 0 Å². The summed E-state index contributed by atoms with van der Waals surface area (Å²) in [6.07, 6.45) is -4.70. The van der Waals surface area contributed by atoms with Crippen molar-refractivity contribution in [2.45, 2.75) is 13.1 Å². The highest BCUT2D eigenvalue weighted by molar-refractivity contribution is 6.01. The third kappa shape index (κ3) is 4.21. The number of ether oxygens (including phenoxy) is 1. The minimum absolute atomic E-state index is 0.130. The molecule has 0 aliphatic rings. The van der Waals surface area contributed by atoms with Crippen molar-refractivity contribution in [1.29, 1.82) is 0 Å². The number of methoxy groups -OCH3 is 1. The van der Waals surface area contributed by atoms with E-state index < -0.39 is 22.4 Å². The number of hydrogen-bond donors (Lipinski definition) is 2. The predicted octanol–water partition coefficient (Wildman–Crippen LogP) is 4.16. The molecule has 0 fully saturated rings. The van der Waals surface area contributed by atoms with Gasteiger partial charge in [0.05, 0.1) is 23.3 Å². The average Bonchev–Trinajstić information content (AvgIpc) is 2.58. The van der Waals surface area contributed by atoms with Crippen LogP contribution in [0.3, 0.4) is 0 Å². The van der Waals surface area contributed by atoms with E-state index in [0.717, 1.165) is 6.07 Å². The Morgan fingerprint density at radius 1 is 1.27 bits per heavy atom. The van der Waals surface area contributed by atoms with Crippen LogP contribution in [-0.2, 0) is 6.18 Å². The maximum atomic E-state index is 12.7. The van der Waals surface area contributed by atoms with Crippen LogP contribution in [0.15, 0.2) is 41.5 Å². The van der Waals surface area contributed by atoms with Gasteiger partial charge in [-0.15, -0.1) is 0 Å². The second-order valence-corrected chi connectivity index (χ2v) is 5.18. The summed E-state index contributed by atoms with van der Waals surface area (Å²) in [7, 11) is 1.43.